The molecule has 0 aliphatic heterocycles. The van der Waals surface area contributed by atoms with Gasteiger partial charge >= 0.3 is 0 Å². The van der Waals surface area contributed by atoms with Gasteiger partial charge < -0.3 is 5.11 Å². The molecule has 0 spiro atoms. The van der Waals surface area contributed by atoms with Gasteiger partial charge in [0, 0.05) is 12.6 Å². The summed E-state index contributed by atoms with van der Waals surface area (Å²) in [4.78, 5) is 17.1. The van der Waals surface area contributed by atoms with Crippen LogP contribution in [0.15, 0.2) is 59.5 Å². The third-order valence-electron chi connectivity index (χ3n) is 4.78. The van der Waals surface area contributed by atoms with Crippen molar-refractivity contribution in [3.8, 4) is 17.2 Å². The Morgan fingerprint density at radius 2 is 1.89 bits per heavy atom. The third kappa shape index (κ3) is 4.19. The Morgan fingerprint density at radius 1 is 1.14 bits per heavy atom. The maximum atomic E-state index is 12.7. The van der Waals surface area contributed by atoms with E-state index in [1.54, 1.807) is 10.6 Å². The largest absolute Gasteiger partial charge is 0.391 e. The summed E-state index contributed by atoms with van der Waals surface area (Å²) in [6.07, 6.45) is 4.18. The highest BCUT2D eigenvalue weighted by molar-refractivity contribution is 5.70. The standard InChI is InChI=1S/C23H23N3O2/c1-2-3-8-22-25-14-20(16-27)23(28)26(22)15-17-9-11-18(12-10-17)21-7-5-4-6-19(21)13-24/h4-7,9-12,14,27H,2-3,8,15-16H2,1H3. The van der Waals surface area contributed by atoms with Crippen LogP contribution in [-0.2, 0) is 19.6 Å². The van der Waals surface area contributed by atoms with E-state index in [4.69, 9.17) is 0 Å². The molecule has 2 aromatic carbocycles. The number of unbranched alkanes of at least 4 members (excludes halogenated alkanes) is 1. The molecule has 3 aromatic rings. The first kappa shape index (κ1) is 19.5. The molecule has 3 rings (SSSR count). The van der Waals surface area contributed by atoms with Crippen LogP contribution >= 0.6 is 0 Å². The van der Waals surface area contributed by atoms with Gasteiger partial charge in [-0.15, -0.1) is 0 Å². The monoisotopic (exact) mass is 373 g/mol. The molecule has 0 unspecified atom stereocenters. The molecule has 1 aromatic heterocycles. The van der Waals surface area contributed by atoms with Gasteiger partial charge in [-0.3, -0.25) is 9.36 Å². The molecule has 5 heteroatoms. The molecule has 0 amide bonds. The lowest BCUT2D eigenvalue weighted by molar-refractivity contribution is 0.278. The molecule has 0 aliphatic rings. The predicted molar refractivity (Wildman–Crippen MR) is 109 cm³/mol. The molecular weight excluding hydrogens is 350 g/mol. The van der Waals surface area contributed by atoms with Crippen molar-refractivity contribution in [2.45, 2.75) is 39.3 Å². The van der Waals surface area contributed by atoms with E-state index in [0.29, 0.717) is 17.7 Å². The number of aromatic nitrogens is 2. The summed E-state index contributed by atoms with van der Waals surface area (Å²) >= 11 is 0. The maximum Gasteiger partial charge on any atom is 0.259 e. The summed E-state index contributed by atoms with van der Waals surface area (Å²) in [5.41, 5.74) is 3.56. The molecule has 0 radical (unpaired) electrons. The van der Waals surface area contributed by atoms with Crippen molar-refractivity contribution in [2.24, 2.45) is 0 Å². The summed E-state index contributed by atoms with van der Waals surface area (Å²) in [6, 6.07) is 17.6. The van der Waals surface area contributed by atoms with E-state index in [1.165, 1.54) is 6.20 Å². The third-order valence-corrected chi connectivity index (χ3v) is 4.78. The van der Waals surface area contributed by atoms with E-state index in [0.717, 1.165) is 41.8 Å². The SMILES string of the molecule is CCCCc1ncc(CO)c(=O)n1Cc1ccc(-c2ccccc2C#N)cc1. The van der Waals surface area contributed by atoms with Crippen molar-refractivity contribution in [1.29, 1.82) is 5.26 Å². The van der Waals surface area contributed by atoms with Gasteiger partial charge in [0.2, 0.25) is 0 Å². The number of nitriles is 1. The highest BCUT2D eigenvalue weighted by Gasteiger charge is 2.11. The average molecular weight is 373 g/mol. The second kappa shape index (κ2) is 9.12. The van der Waals surface area contributed by atoms with Gasteiger partial charge in [0.05, 0.1) is 30.3 Å². The van der Waals surface area contributed by atoms with Gasteiger partial charge in [-0.05, 0) is 29.2 Å². The van der Waals surface area contributed by atoms with Crippen LogP contribution in [0.4, 0.5) is 0 Å². The fourth-order valence-electron chi connectivity index (χ4n) is 3.18. The first-order valence-corrected chi connectivity index (χ1v) is 9.44. The molecular formula is C23H23N3O2. The lowest BCUT2D eigenvalue weighted by Gasteiger charge is -2.14. The molecule has 0 fully saturated rings. The van der Waals surface area contributed by atoms with E-state index in [2.05, 4.69) is 18.0 Å². The van der Waals surface area contributed by atoms with Crippen LogP contribution in [0, 0.1) is 11.3 Å². The minimum Gasteiger partial charge on any atom is -0.391 e. The predicted octanol–water partition coefficient (Wildman–Crippen LogP) is 3.67. The first-order chi connectivity index (χ1) is 13.7. The summed E-state index contributed by atoms with van der Waals surface area (Å²) in [5, 5.41) is 18.7. The second-order valence-corrected chi connectivity index (χ2v) is 6.71. The van der Waals surface area contributed by atoms with Crippen LogP contribution in [0.1, 0.15) is 42.3 Å². The van der Waals surface area contributed by atoms with Crippen molar-refractivity contribution in [3.63, 3.8) is 0 Å². The van der Waals surface area contributed by atoms with Gasteiger partial charge in [-0.25, -0.2) is 4.98 Å². The molecule has 0 saturated heterocycles. The Bertz CT molecular complexity index is 1050. The minimum absolute atomic E-state index is 0.192. The molecule has 0 saturated carbocycles. The van der Waals surface area contributed by atoms with Crippen LogP contribution < -0.4 is 5.56 Å². The molecule has 0 atom stereocenters. The number of benzene rings is 2. The van der Waals surface area contributed by atoms with E-state index in [-0.39, 0.29) is 12.2 Å². The zero-order valence-electron chi connectivity index (χ0n) is 15.9. The van der Waals surface area contributed by atoms with E-state index < -0.39 is 0 Å². The fraction of sp³-hybridized carbons (Fsp3) is 0.261. The second-order valence-electron chi connectivity index (χ2n) is 6.71. The zero-order chi connectivity index (χ0) is 19.9. The summed E-state index contributed by atoms with van der Waals surface area (Å²) in [5.74, 6) is 0.739. The molecule has 5 nitrogen and oxygen atoms in total. The number of nitrogens with zero attached hydrogens (tertiary/aromatic N) is 3. The Morgan fingerprint density at radius 3 is 2.57 bits per heavy atom. The summed E-state index contributed by atoms with van der Waals surface area (Å²) in [7, 11) is 0. The first-order valence-electron chi connectivity index (χ1n) is 9.44. The Balaban J connectivity index is 1.92. The molecule has 0 aliphatic carbocycles. The van der Waals surface area contributed by atoms with Crippen molar-refractivity contribution in [1.82, 2.24) is 9.55 Å². The minimum atomic E-state index is -0.316. The van der Waals surface area contributed by atoms with E-state index >= 15 is 0 Å². The van der Waals surface area contributed by atoms with Crippen molar-refractivity contribution in [3.05, 3.63) is 87.6 Å². The van der Waals surface area contributed by atoms with E-state index in [9.17, 15) is 15.2 Å². The van der Waals surface area contributed by atoms with Crippen LogP contribution in [0.5, 0.6) is 0 Å². The summed E-state index contributed by atoms with van der Waals surface area (Å²) < 4.78 is 1.65. The fourth-order valence-corrected chi connectivity index (χ4v) is 3.18. The number of hydrogen-bond donors (Lipinski definition) is 1. The molecule has 1 heterocycles. The lowest BCUT2D eigenvalue weighted by atomic mass is 9.99. The molecule has 1 N–H and O–H groups in total. The van der Waals surface area contributed by atoms with Gasteiger partial charge in [-0.2, -0.15) is 5.26 Å². The van der Waals surface area contributed by atoms with Crippen molar-refractivity contribution >= 4 is 0 Å². The highest BCUT2D eigenvalue weighted by Crippen LogP contribution is 2.23. The normalized spacial score (nSPS) is 10.6. The Labute approximate surface area is 164 Å². The highest BCUT2D eigenvalue weighted by atomic mass is 16.3. The average Bonchev–Trinajstić information content (AvgIpc) is 2.74. The van der Waals surface area contributed by atoms with Crippen molar-refractivity contribution in [2.75, 3.05) is 0 Å². The van der Waals surface area contributed by atoms with Gasteiger partial charge in [0.1, 0.15) is 5.82 Å². The molecule has 142 valence electrons. The van der Waals surface area contributed by atoms with Crippen LogP contribution in [0.2, 0.25) is 0 Å². The molecule has 0 bridgehead atoms. The van der Waals surface area contributed by atoms with Crippen LogP contribution in [0.25, 0.3) is 11.1 Å². The number of hydrogen-bond acceptors (Lipinski definition) is 4. The number of aliphatic hydroxyl groups is 1. The lowest BCUT2D eigenvalue weighted by Crippen LogP contribution is -2.28. The van der Waals surface area contributed by atoms with Crippen LogP contribution in [0.3, 0.4) is 0 Å². The van der Waals surface area contributed by atoms with E-state index in [1.807, 2.05) is 42.5 Å². The Hall–Kier alpha value is -3.23. The van der Waals surface area contributed by atoms with Gasteiger partial charge in [0.25, 0.3) is 5.56 Å². The number of aryl methyl sites for hydroxylation is 1. The number of rotatable bonds is 7. The van der Waals surface area contributed by atoms with Gasteiger partial charge in [0.15, 0.2) is 0 Å². The summed E-state index contributed by atoms with van der Waals surface area (Å²) in [6.45, 7) is 2.19. The van der Waals surface area contributed by atoms with Crippen LogP contribution in [-0.4, -0.2) is 14.7 Å². The molecule has 28 heavy (non-hydrogen) atoms. The van der Waals surface area contributed by atoms with Gasteiger partial charge in [-0.1, -0.05) is 55.8 Å². The number of aliphatic hydroxyl groups excluding tert-OH is 1. The van der Waals surface area contributed by atoms with Crippen molar-refractivity contribution < 1.29 is 5.11 Å². The zero-order valence-corrected chi connectivity index (χ0v) is 15.9. The topological polar surface area (TPSA) is 78.9 Å². The maximum absolute atomic E-state index is 12.7. The quantitative estimate of drug-likeness (QED) is 0.685. The Kier molecular flexibility index (Phi) is 6.36. The smallest absolute Gasteiger partial charge is 0.259 e.